The number of rotatable bonds is 14. The number of likely N-dealkylation sites (N-methyl/N-ethyl adjacent to an activating group) is 1. The van der Waals surface area contributed by atoms with Crippen LogP contribution in [0, 0.1) is 0 Å². The summed E-state index contributed by atoms with van der Waals surface area (Å²) in [5.41, 5.74) is 5.74. The first kappa shape index (κ1) is 52.5. The molecule has 10 nitrogen and oxygen atoms in total. The summed E-state index contributed by atoms with van der Waals surface area (Å²) >= 11 is 0. The molecule has 0 unspecified atom stereocenters. The first-order valence-corrected chi connectivity index (χ1v) is 24.7. The summed E-state index contributed by atoms with van der Waals surface area (Å²) in [7, 11) is 0. The molecule has 1 fully saturated rings. The van der Waals surface area contributed by atoms with Gasteiger partial charge in [0.2, 0.25) is 11.3 Å². The predicted molar refractivity (Wildman–Crippen MR) is 281 cm³/mol. The average Bonchev–Trinajstić information content (AvgIpc) is 4.19. The summed E-state index contributed by atoms with van der Waals surface area (Å²) in [6.45, 7) is 21.4. The van der Waals surface area contributed by atoms with E-state index in [1.54, 1.807) is 6.20 Å². The van der Waals surface area contributed by atoms with Gasteiger partial charge in [0.1, 0.15) is 29.0 Å². The Hall–Kier alpha value is -6.43. The molecule has 0 aliphatic carbocycles. The largest absolute Gasteiger partial charge is 0.456 e. The van der Waals surface area contributed by atoms with Crippen molar-refractivity contribution in [3.05, 3.63) is 155 Å². The number of H-pyrrole nitrogens is 2. The van der Waals surface area contributed by atoms with Gasteiger partial charge in [-0.05, 0) is 86.4 Å². The highest BCUT2D eigenvalue weighted by Gasteiger charge is 2.28. The van der Waals surface area contributed by atoms with Crippen LogP contribution >= 0.6 is 0 Å². The number of fused-ring (bicyclic) bond motifs is 4. The highest BCUT2D eigenvalue weighted by Crippen LogP contribution is 2.34. The molecule has 1 saturated heterocycles. The van der Waals surface area contributed by atoms with Crippen LogP contribution < -0.4 is 5.43 Å². The molecule has 1 amide bonds. The maximum absolute atomic E-state index is 14.1. The van der Waals surface area contributed by atoms with Crippen molar-refractivity contribution in [3.8, 4) is 22.5 Å². The lowest BCUT2D eigenvalue weighted by Crippen LogP contribution is -2.42. The Balaban J connectivity index is 0.000000647. The van der Waals surface area contributed by atoms with Crippen LogP contribution in [0.5, 0.6) is 0 Å². The minimum Gasteiger partial charge on any atom is -0.456 e. The van der Waals surface area contributed by atoms with Crippen molar-refractivity contribution in [1.29, 1.82) is 0 Å². The van der Waals surface area contributed by atoms with Crippen molar-refractivity contribution < 1.29 is 13.6 Å². The summed E-state index contributed by atoms with van der Waals surface area (Å²) in [4.78, 5) is 49.4. The number of alkyl halides is 1. The molecule has 360 valence electrons. The van der Waals surface area contributed by atoms with E-state index in [0.29, 0.717) is 27.8 Å². The standard InChI is InChI=1S/C45H48FN7O3.C6H6.3C2H6/c1-4-51(5-2)28-42(54)53(26-29(3)46)27-41-47-24-36(49-41)32-13-16-34-31(22-32)15-18-39-43(34)44(55)35-17-14-33(23-40(35)56-39)37-25-48-45(50-37)38-12-9-20-52(38)21-19-30-10-7-6-8-11-30;1-2-4-6-5-3-1;3*1-2/h6-8,10-11,13-18,22-25,29,38H,4-5,9,12,19-21,26-28H2,1-3H3,(H,47,49)(H,48,50);1-6H;3*1-2H3/t29-,38+;;;;/m1..../s1. The molecule has 5 aromatic carbocycles. The quantitative estimate of drug-likeness (QED) is 0.0824. The lowest BCUT2D eigenvalue weighted by Gasteiger charge is -2.26. The molecule has 2 N–H and O–H groups in total. The van der Waals surface area contributed by atoms with Crippen molar-refractivity contribution in [2.75, 3.05) is 39.3 Å². The van der Waals surface area contributed by atoms with E-state index < -0.39 is 6.17 Å². The molecule has 9 rings (SSSR count). The van der Waals surface area contributed by atoms with Gasteiger partial charge in [-0.3, -0.25) is 19.4 Å². The molecule has 68 heavy (non-hydrogen) atoms. The number of amides is 1. The van der Waals surface area contributed by atoms with Crippen molar-refractivity contribution in [3.63, 3.8) is 0 Å². The number of imidazole rings is 2. The van der Waals surface area contributed by atoms with Crippen LogP contribution in [0.4, 0.5) is 4.39 Å². The summed E-state index contributed by atoms with van der Waals surface area (Å²) in [5, 5.41) is 2.72. The number of nitrogens with one attached hydrogen (secondary N) is 2. The number of hydrogen-bond donors (Lipinski definition) is 2. The van der Waals surface area contributed by atoms with E-state index in [4.69, 9.17) is 9.40 Å². The van der Waals surface area contributed by atoms with Gasteiger partial charge in [0.15, 0.2) is 0 Å². The summed E-state index contributed by atoms with van der Waals surface area (Å²) in [6, 6.07) is 38.3. The van der Waals surface area contributed by atoms with Crippen molar-refractivity contribution in [1.82, 2.24) is 34.6 Å². The maximum atomic E-state index is 14.1. The number of aromatic amines is 2. The van der Waals surface area contributed by atoms with E-state index in [1.807, 2.05) is 151 Å². The topological polar surface area (TPSA) is 114 Å². The number of halogens is 1. The molecule has 4 heterocycles. The lowest BCUT2D eigenvalue weighted by molar-refractivity contribution is -0.133. The van der Waals surface area contributed by atoms with Crippen molar-refractivity contribution in [2.24, 2.45) is 0 Å². The summed E-state index contributed by atoms with van der Waals surface area (Å²) in [5.74, 6) is 1.41. The number of nitrogens with zero attached hydrogens (tertiary/aromatic N) is 5. The second-order valence-electron chi connectivity index (χ2n) is 16.0. The van der Waals surface area contributed by atoms with E-state index in [2.05, 4.69) is 50.2 Å². The fourth-order valence-electron chi connectivity index (χ4n) is 8.44. The fraction of sp³-hybridized carbons (Fsp3) is 0.368. The van der Waals surface area contributed by atoms with Gasteiger partial charge in [-0.25, -0.2) is 14.4 Å². The third-order valence-corrected chi connectivity index (χ3v) is 11.8. The minimum absolute atomic E-state index is 0.00293. The van der Waals surface area contributed by atoms with E-state index in [-0.39, 0.29) is 37.0 Å². The highest BCUT2D eigenvalue weighted by molar-refractivity contribution is 6.09. The summed E-state index contributed by atoms with van der Waals surface area (Å²) < 4.78 is 20.5. The van der Waals surface area contributed by atoms with Crippen molar-refractivity contribution >= 4 is 38.6 Å². The Bertz CT molecular complexity index is 2770. The SMILES string of the molecule is CC.CC.CC.CCN(CC)CC(=O)N(Cc1ncc(-c2ccc3c(ccc4oc5cc(-c6cnc([C@@H]7CCCN7CCc7ccccc7)[nH]6)ccc5c(=O)c43)c2)[nH]1)C[C@@H](C)F.c1ccccc1. The van der Waals surface area contributed by atoms with E-state index in [9.17, 15) is 14.0 Å². The predicted octanol–water partition coefficient (Wildman–Crippen LogP) is 13.1. The van der Waals surface area contributed by atoms with Gasteiger partial charge >= 0.3 is 0 Å². The van der Waals surface area contributed by atoms with Crippen LogP contribution in [-0.2, 0) is 17.8 Å². The third-order valence-electron chi connectivity index (χ3n) is 11.8. The van der Waals surface area contributed by atoms with Crippen LogP contribution in [0.25, 0.3) is 55.2 Å². The zero-order valence-electron chi connectivity index (χ0n) is 41.7. The molecule has 1 aliphatic heterocycles. The monoisotopic (exact) mass is 922 g/mol. The first-order chi connectivity index (χ1) is 33.3. The molecule has 2 atom stereocenters. The lowest BCUT2D eigenvalue weighted by atomic mass is 10.0. The number of carbonyl (C=O) groups is 1. The summed E-state index contributed by atoms with van der Waals surface area (Å²) in [6.07, 6.45) is 5.66. The number of carbonyl (C=O) groups excluding carboxylic acids is 1. The van der Waals surface area contributed by atoms with Gasteiger partial charge in [-0.1, -0.05) is 146 Å². The van der Waals surface area contributed by atoms with Crippen molar-refractivity contribution in [2.45, 2.75) is 100 Å². The molecule has 0 bridgehead atoms. The molecule has 8 aromatic rings. The Kier molecular flexibility index (Phi) is 20.7. The Labute approximate surface area is 402 Å². The van der Waals surface area contributed by atoms with Gasteiger partial charge in [-0.15, -0.1) is 0 Å². The van der Waals surface area contributed by atoms with E-state index in [1.165, 1.54) is 17.4 Å². The van der Waals surface area contributed by atoms with Crippen LogP contribution in [0.2, 0.25) is 0 Å². The smallest absolute Gasteiger partial charge is 0.237 e. The van der Waals surface area contributed by atoms with Gasteiger partial charge in [0.05, 0.1) is 60.2 Å². The second-order valence-corrected chi connectivity index (χ2v) is 16.0. The number of hydrogen-bond acceptors (Lipinski definition) is 7. The molecule has 0 saturated carbocycles. The van der Waals surface area contributed by atoms with Crippen LogP contribution in [0.3, 0.4) is 0 Å². The first-order valence-electron chi connectivity index (χ1n) is 24.7. The Morgan fingerprint density at radius 1 is 0.779 bits per heavy atom. The van der Waals surface area contributed by atoms with Gasteiger partial charge in [0.25, 0.3) is 0 Å². The van der Waals surface area contributed by atoms with E-state index >= 15 is 0 Å². The molecule has 11 heteroatoms. The van der Waals surface area contributed by atoms with Gasteiger partial charge < -0.3 is 19.3 Å². The number of benzene rings is 5. The van der Waals surface area contributed by atoms with Crippen LogP contribution in [0.1, 0.15) is 98.4 Å². The Morgan fingerprint density at radius 3 is 2.06 bits per heavy atom. The van der Waals surface area contributed by atoms with Gasteiger partial charge in [0, 0.05) is 17.7 Å². The maximum Gasteiger partial charge on any atom is 0.237 e. The zero-order chi connectivity index (χ0) is 49.0. The van der Waals surface area contributed by atoms with E-state index in [0.717, 1.165) is 84.6 Å². The molecular formula is C57H72FN7O3. The van der Waals surface area contributed by atoms with Crippen LogP contribution in [0.15, 0.2) is 137 Å². The molecule has 0 radical (unpaired) electrons. The average molecular weight is 922 g/mol. The minimum atomic E-state index is -1.16. The van der Waals surface area contributed by atoms with Gasteiger partial charge in [-0.2, -0.15) is 0 Å². The normalized spacial score (nSPS) is 13.7. The number of aromatic nitrogens is 4. The fourth-order valence-corrected chi connectivity index (χ4v) is 8.44. The molecule has 0 spiro atoms. The Morgan fingerprint density at radius 2 is 1.40 bits per heavy atom. The highest BCUT2D eigenvalue weighted by atomic mass is 19.1. The molecular weight excluding hydrogens is 850 g/mol. The second kappa shape index (κ2) is 26.8. The zero-order valence-corrected chi connectivity index (χ0v) is 41.7. The molecule has 1 aliphatic rings. The van der Waals surface area contributed by atoms with Crippen LogP contribution in [-0.4, -0.2) is 86.0 Å². The number of likely N-dealkylation sites (tertiary alicyclic amines) is 1. The third kappa shape index (κ3) is 13.4. The molecule has 3 aromatic heterocycles.